The number of carbonyl (C=O) groups is 3. The molecule has 0 N–H and O–H groups in total. The number of para-hydroxylation sites is 2. The van der Waals surface area contributed by atoms with Crippen molar-refractivity contribution in [2.75, 3.05) is 4.90 Å². The zero-order valence-electron chi connectivity index (χ0n) is 16.3. The highest BCUT2D eigenvalue weighted by molar-refractivity contribution is 6.23. The predicted octanol–water partition coefficient (Wildman–Crippen LogP) is 3.87. The van der Waals surface area contributed by atoms with Gasteiger partial charge in [0.15, 0.2) is 6.10 Å². The topological polar surface area (TPSA) is 63.7 Å². The van der Waals surface area contributed by atoms with E-state index >= 15 is 0 Å². The van der Waals surface area contributed by atoms with Crippen LogP contribution in [-0.2, 0) is 9.59 Å². The van der Waals surface area contributed by atoms with Crippen molar-refractivity contribution in [1.29, 1.82) is 0 Å². The molecule has 5 heteroatoms. The van der Waals surface area contributed by atoms with Crippen LogP contribution in [0.25, 0.3) is 0 Å². The van der Waals surface area contributed by atoms with Gasteiger partial charge < -0.3 is 4.74 Å². The van der Waals surface area contributed by atoms with Crippen LogP contribution >= 0.6 is 0 Å². The van der Waals surface area contributed by atoms with Gasteiger partial charge in [0.1, 0.15) is 5.75 Å². The minimum atomic E-state index is -0.734. The maximum atomic E-state index is 13.2. The van der Waals surface area contributed by atoms with E-state index in [0.29, 0.717) is 28.8 Å². The van der Waals surface area contributed by atoms with E-state index in [4.69, 9.17) is 4.74 Å². The third-order valence-corrected chi connectivity index (χ3v) is 6.76. The fourth-order valence-corrected chi connectivity index (χ4v) is 5.47. The predicted molar refractivity (Wildman–Crippen MR) is 108 cm³/mol. The van der Waals surface area contributed by atoms with Crippen LogP contribution in [0.1, 0.15) is 36.5 Å². The molecule has 5 nitrogen and oxygen atoms in total. The molecule has 1 heterocycles. The highest BCUT2D eigenvalue weighted by Crippen LogP contribution is 2.57. The monoisotopic (exact) mass is 389 g/mol. The lowest BCUT2D eigenvalue weighted by Crippen LogP contribution is -2.34. The van der Waals surface area contributed by atoms with Gasteiger partial charge in [-0.1, -0.05) is 42.5 Å². The van der Waals surface area contributed by atoms with E-state index in [1.807, 2.05) is 18.2 Å². The summed E-state index contributed by atoms with van der Waals surface area (Å²) in [6, 6.07) is 16.0. The van der Waals surface area contributed by atoms with Gasteiger partial charge in [-0.25, -0.2) is 4.90 Å². The van der Waals surface area contributed by atoms with Gasteiger partial charge in [0.05, 0.1) is 17.5 Å². The summed E-state index contributed by atoms with van der Waals surface area (Å²) in [4.78, 5) is 40.3. The SMILES string of the molecule is C[C@H](Oc1ccccc1N1C(=O)[C@@H]2[C@H]3CC[C@H](C3)[C@@H]2C1=O)C(=O)c1ccccc1. The third-order valence-electron chi connectivity index (χ3n) is 6.76. The fraction of sp³-hybridized carbons (Fsp3) is 0.375. The average molecular weight is 389 g/mol. The molecule has 0 spiro atoms. The van der Waals surface area contributed by atoms with E-state index in [2.05, 4.69) is 0 Å². The molecule has 5 rings (SSSR count). The minimum absolute atomic E-state index is 0.106. The van der Waals surface area contributed by atoms with Gasteiger partial charge in [-0.15, -0.1) is 0 Å². The molecule has 2 aromatic rings. The number of anilines is 1. The normalized spacial score (nSPS) is 28.5. The number of ketones is 1. The van der Waals surface area contributed by atoms with Crippen LogP contribution in [0.15, 0.2) is 54.6 Å². The van der Waals surface area contributed by atoms with Gasteiger partial charge in [-0.2, -0.15) is 0 Å². The minimum Gasteiger partial charge on any atom is -0.480 e. The van der Waals surface area contributed by atoms with Crippen LogP contribution in [0, 0.1) is 23.7 Å². The number of fused-ring (bicyclic) bond motifs is 5. The van der Waals surface area contributed by atoms with E-state index < -0.39 is 6.10 Å². The average Bonchev–Trinajstić information content (AvgIpc) is 3.42. The lowest BCUT2D eigenvalue weighted by Gasteiger charge is -2.22. The first-order valence-electron chi connectivity index (χ1n) is 10.3. The van der Waals surface area contributed by atoms with Gasteiger partial charge in [0.25, 0.3) is 0 Å². The molecule has 1 aliphatic heterocycles. The Labute approximate surface area is 169 Å². The molecule has 2 saturated carbocycles. The highest BCUT2D eigenvalue weighted by Gasteiger charge is 2.61. The second-order valence-corrected chi connectivity index (χ2v) is 8.35. The molecule has 3 fully saturated rings. The number of hydrogen-bond donors (Lipinski definition) is 0. The van der Waals surface area contributed by atoms with Crippen molar-refractivity contribution in [3.05, 3.63) is 60.2 Å². The lowest BCUT2D eigenvalue weighted by molar-refractivity contribution is -0.123. The molecule has 29 heavy (non-hydrogen) atoms. The van der Waals surface area contributed by atoms with E-state index in [0.717, 1.165) is 19.3 Å². The lowest BCUT2D eigenvalue weighted by atomic mass is 9.81. The Hall–Kier alpha value is -2.95. The number of Topliss-reactive ketones (excluding diaryl/α,β-unsaturated/α-hetero) is 1. The number of hydrogen-bond acceptors (Lipinski definition) is 4. The fourth-order valence-electron chi connectivity index (χ4n) is 5.47. The van der Waals surface area contributed by atoms with Crippen LogP contribution in [0.4, 0.5) is 5.69 Å². The Bertz CT molecular complexity index is 957. The van der Waals surface area contributed by atoms with Crippen molar-refractivity contribution in [3.8, 4) is 5.75 Å². The maximum absolute atomic E-state index is 13.2. The Balaban J connectivity index is 1.42. The third kappa shape index (κ3) is 2.79. The van der Waals surface area contributed by atoms with Crippen molar-refractivity contribution in [1.82, 2.24) is 0 Å². The summed E-state index contributed by atoms with van der Waals surface area (Å²) in [7, 11) is 0. The Morgan fingerprint density at radius 1 is 0.931 bits per heavy atom. The molecule has 0 unspecified atom stereocenters. The maximum Gasteiger partial charge on any atom is 0.238 e. The van der Waals surface area contributed by atoms with E-state index in [-0.39, 0.29) is 29.4 Å². The van der Waals surface area contributed by atoms with E-state index in [9.17, 15) is 14.4 Å². The molecular formula is C24H23NO4. The molecule has 2 amide bonds. The molecule has 0 aromatic heterocycles. The molecule has 2 aromatic carbocycles. The molecule has 2 bridgehead atoms. The standard InChI is InChI=1S/C24H23NO4/c1-14(22(26)15-7-3-2-4-8-15)29-19-10-6-5-9-18(19)25-23(27)20-16-11-12-17(13-16)21(20)24(25)28/h2-10,14,16-17,20-21H,11-13H2,1H3/t14-,16-,17+,20+,21-/m0/s1. The molecule has 1 saturated heterocycles. The van der Waals surface area contributed by atoms with Crippen molar-refractivity contribution in [3.63, 3.8) is 0 Å². The molecule has 0 radical (unpaired) electrons. The van der Waals surface area contributed by atoms with Crippen LogP contribution in [0.3, 0.4) is 0 Å². The largest absolute Gasteiger partial charge is 0.480 e. The molecule has 5 atom stereocenters. The Morgan fingerprint density at radius 2 is 1.52 bits per heavy atom. The molecular weight excluding hydrogens is 366 g/mol. The first kappa shape index (κ1) is 18.1. The second kappa shape index (κ2) is 6.83. The van der Waals surface area contributed by atoms with Crippen molar-refractivity contribution >= 4 is 23.3 Å². The van der Waals surface area contributed by atoms with Crippen molar-refractivity contribution < 1.29 is 19.1 Å². The van der Waals surface area contributed by atoms with Crippen LogP contribution in [0.5, 0.6) is 5.75 Å². The number of nitrogens with zero attached hydrogens (tertiary/aromatic N) is 1. The van der Waals surface area contributed by atoms with E-state index in [1.165, 1.54) is 4.90 Å². The smallest absolute Gasteiger partial charge is 0.238 e. The molecule has 3 aliphatic rings. The number of carbonyl (C=O) groups excluding carboxylic acids is 3. The molecule has 148 valence electrons. The number of amides is 2. The quantitative estimate of drug-likeness (QED) is 0.575. The zero-order valence-corrected chi connectivity index (χ0v) is 16.3. The second-order valence-electron chi connectivity index (χ2n) is 8.35. The highest BCUT2D eigenvalue weighted by atomic mass is 16.5. The number of rotatable bonds is 5. The van der Waals surface area contributed by atoms with Gasteiger partial charge >= 0.3 is 0 Å². The van der Waals surface area contributed by atoms with Gasteiger partial charge in [-0.3, -0.25) is 14.4 Å². The summed E-state index contributed by atoms with van der Waals surface area (Å²) in [6.45, 7) is 1.69. The Morgan fingerprint density at radius 3 is 2.17 bits per heavy atom. The van der Waals surface area contributed by atoms with Crippen LogP contribution in [-0.4, -0.2) is 23.7 Å². The van der Waals surface area contributed by atoms with E-state index in [1.54, 1.807) is 43.3 Å². The van der Waals surface area contributed by atoms with Crippen molar-refractivity contribution in [2.24, 2.45) is 23.7 Å². The first-order chi connectivity index (χ1) is 14.1. The number of imide groups is 1. The summed E-state index contributed by atoms with van der Waals surface area (Å²) in [5.74, 6) is 0.329. The zero-order chi connectivity index (χ0) is 20.1. The summed E-state index contributed by atoms with van der Waals surface area (Å²) >= 11 is 0. The van der Waals surface area contributed by atoms with Gasteiger partial charge in [0, 0.05) is 5.56 Å². The van der Waals surface area contributed by atoms with Gasteiger partial charge in [0.2, 0.25) is 17.6 Å². The number of benzene rings is 2. The summed E-state index contributed by atoms with van der Waals surface area (Å²) in [6.07, 6.45) is 2.35. The van der Waals surface area contributed by atoms with Gasteiger partial charge in [-0.05, 0) is 50.2 Å². The van der Waals surface area contributed by atoms with Crippen molar-refractivity contribution in [2.45, 2.75) is 32.3 Å². The van der Waals surface area contributed by atoms with Crippen LogP contribution < -0.4 is 9.64 Å². The summed E-state index contributed by atoms with van der Waals surface area (Å²) in [5, 5.41) is 0. The molecule has 2 aliphatic carbocycles. The number of ether oxygens (including phenoxy) is 1. The Kier molecular flexibility index (Phi) is 4.26. The summed E-state index contributed by atoms with van der Waals surface area (Å²) < 4.78 is 5.97. The first-order valence-corrected chi connectivity index (χ1v) is 10.3. The summed E-state index contributed by atoms with van der Waals surface area (Å²) in [5.41, 5.74) is 1.01. The van der Waals surface area contributed by atoms with Crippen LogP contribution in [0.2, 0.25) is 0 Å².